The highest BCUT2D eigenvalue weighted by Crippen LogP contribution is 2.12. The number of allylic oxidation sites excluding steroid dienone is 9. The van der Waals surface area contributed by atoms with Crippen molar-refractivity contribution in [3.63, 3.8) is 0 Å². The number of carbonyl (C=O) groups excluding carboxylic acids is 2. The van der Waals surface area contributed by atoms with Gasteiger partial charge in [0.2, 0.25) is 0 Å². The third-order valence-electron chi connectivity index (χ3n) is 8.18. The highest BCUT2D eigenvalue weighted by Gasteiger charge is 2.31. The number of aliphatic carboxylic acids is 1. The predicted octanol–water partition coefficient (Wildman–Crippen LogP) is 9.85. The predicted molar refractivity (Wildman–Crippen MR) is 206 cm³/mol. The number of rotatable bonds is 33. The first kappa shape index (κ1) is 47.0. The Morgan fingerprint density at radius 1 is 0.640 bits per heavy atom. The van der Waals surface area contributed by atoms with Gasteiger partial charge >= 0.3 is 17.9 Å². The van der Waals surface area contributed by atoms with Gasteiger partial charge in [0.05, 0.1) is 40.8 Å². The smallest absolute Gasteiger partial charge is 0.362 e. The van der Waals surface area contributed by atoms with E-state index >= 15 is 0 Å². The average molecular weight is 703 g/mol. The van der Waals surface area contributed by atoms with Crippen molar-refractivity contribution in [3.05, 3.63) is 60.8 Å². The Balaban J connectivity index is 4.43. The van der Waals surface area contributed by atoms with E-state index in [1.165, 1.54) is 51.4 Å². The monoisotopic (exact) mass is 703 g/mol. The van der Waals surface area contributed by atoms with Crippen molar-refractivity contribution in [1.29, 1.82) is 0 Å². The van der Waals surface area contributed by atoms with Gasteiger partial charge < -0.3 is 23.8 Å². The summed E-state index contributed by atoms with van der Waals surface area (Å²) in [5.74, 6) is -1.64. The van der Waals surface area contributed by atoms with Gasteiger partial charge in [-0.25, -0.2) is 4.79 Å². The van der Waals surface area contributed by atoms with Gasteiger partial charge in [0.15, 0.2) is 12.1 Å². The summed E-state index contributed by atoms with van der Waals surface area (Å²) in [6.07, 6.45) is 38.8. The number of carboxylic acid groups (broad SMARTS) is 1. The summed E-state index contributed by atoms with van der Waals surface area (Å²) in [5.41, 5.74) is 0. The SMILES string of the molecule is CC/C=C/C/C=C/C/C=C/CC(=O)OC(COCCC(C(=O)O)[N+](C)(C)C)COC(=O)CCCCCCCCC/C=C/C/C=C/CCCCC. The molecule has 1 N–H and O–H groups in total. The van der Waals surface area contributed by atoms with Crippen molar-refractivity contribution in [3.8, 4) is 0 Å². The Morgan fingerprint density at radius 2 is 1.18 bits per heavy atom. The van der Waals surface area contributed by atoms with Crippen molar-refractivity contribution in [2.75, 3.05) is 41.0 Å². The lowest BCUT2D eigenvalue weighted by molar-refractivity contribution is -0.887. The van der Waals surface area contributed by atoms with E-state index in [0.29, 0.717) is 12.8 Å². The van der Waals surface area contributed by atoms with Crippen molar-refractivity contribution < 1.29 is 38.2 Å². The molecule has 286 valence electrons. The summed E-state index contributed by atoms with van der Waals surface area (Å²) in [6.45, 7) is 4.44. The van der Waals surface area contributed by atoms with Crippen LogP contribution in [0, 0.1) is 0 Å². The van der Waals surface area contributed by atoms with Gasteiger partial charge in [-0.05, 0) is 57.8 Å². The maximum atomic E-state index is 12.5. The molecule has 0 aliphatic heterocycles. The van der Waals surface area contributed by atoms with Crippen molar-refractivity contribution >= 4 is 17.9 Å². The standard InChI is InChI=1S/C42H71NO7/c1-6-8-10-12-14-16-17-18-19-20-21-22-23-25-26-28-30-32-40(44)49-37-38(36-48-35-34-39(42(46)47)43(3,4)5)50-41(45)33-31-29-27-24-15-13-11-9-7-2/h9,11,14-16,18-19,24,29,31,38-39H,6-8,10,12-13,17,20-23,25-28,30,32-37H2,1-5H3/p+1/b11-9+,16-14+,19-18+,24-15+,31-29+. The second-order valence-corrected chi connectivity index (χ2v) is 13.8. The van der Waals surface area contributed by atoms with Crippen LogP contribution in [-0.2, 0) is 28.6 Å². The summed E-state index contributed by atoms with van der Waals surface area (Å²) in [5, 5.41) is 9.57. The second kappa shape index (κ2) is 33.2. The number of ether oxygens (including phenoxy) is 3. The molecule has 8 heteroatoms. The molecule has 0 radical (unpaired) electrons. The zero-order valence-corrected chi connectivity index (χ0v) is 32.3. The molecule has 0 aliphatic carbocycles. The molecular weight excluding hydrogens is 630 g/mol. The van der Waals surface area contributed by atoms with Gasteiger partial charge in [0, 0.05) is 12.8 Å². The van der Waals surface area contributed by atoms with E-state index in [1.54, 1.807) is 6.08 Å². The van der Waals surface area contributed by atoms with Crippen LogP contribution in [0.25, 0.3) is 0 Å². The number of quaternary nitrogens is 1. The lowest BCUT2D eigenvalue weighted by Gasteiger charge is -2.31. The molecule has 0 fully saturated rings. The maximum absolute atomic E-state index is 12.5. The fourth-order valence-corrected chi connectivity index (χ4v) is 5.18. The van der Waals surface area contributed by atoms with E-state index in [4.69, 9.17) is 14.2 Å². The van der Waals surface area contributed by atoms with Gasteiger partial charge in [0.25, 0.3) is 0 Å². The van der Waals surface area contributed by atoms with Gasteiger partial charge in [-0.2, -0.15) is 0 Å². The van der Waals surface area contributed by atoms with E-state index in [1.807, 2.05) is 27.2 Å². The van der Waals surface area contributed by atoms with Gasteiger partial charge in [-0.15, -0.1) is 0 Å². The molecule has 0 heterocycles. The fourth-order valence-electron chi connectivity index (χ4n) is 5.18. The molecule has 0 aromatic heterocycles. The highest BCUT2D eigenvalue weighted by molar-refractivity contribution is 5.72. The van der Waals surface area contributed by atoms with Crippen LogP contribution in [0.3, 0.4) is 0 Å². The lowest BCUT2D eigenvalue weighted by atomic mass is 10.1. The van der Waals surface area contributed by atoms with Crippen molar-refractivity contribution in [2.45, 2.75) is 148 Å². The molecular formula is C42H72NO7+. The Morgan fingerprint density at radius 3 is 1.76 bits per heavy atom. The van der Waals surface area contributed by atoms with Crippen molar-refractivity contribution in [1.82, 2.24) is 0 Å². The van der Waals surface area contributed by atoms with Crippen LogP contribution >= 0.6 is 0 Å². The molecule has 0 saturated carbocycles. The normalized spacial score (nSPS) is 13.7. The summed E-state index contributed by atoms with van der Waals surface area (Å²) in [4.78, 5) is 36.7. The zero-order valence-electron chi connectivity index (χ0n) is 32.3. The minimum absolute atomic E-state index is 0.0200. The van der Waals surface area contributed by atoms with E-state index in [2.05, 4.69) is 62.5 Å². The minimum Gasteiger partial charge on any atom is -0.477 e. The molecule has 0 bridgehead atoms. The number of esters is 2. The van der Waals surface area contributed by atoms with Crippen LogP contribution < -0.4 is 0 Å². The Hall–Kier alpha value is -2.97. The molecule has 0 spiro atoms. The number of carboxylic acids is 1. The molecule has 8 nitrogen and oxygen atoms in total. The van der Waals surface area contributed by atoms with Gasteiger partial charge in [-0.3, -0.25) is 9.59 Å². The molecule has 0 rings (SSSR count). The quantitative estimate of drug-likeness (QED) is 0.0315. The molecule has 2 unspecified atom stereocenters. The van der Waals surface area contributed by atoms with Crippen molar-refractivity contribution in [2.24, 2.45) is 0 Å². The zero-order chi connectivity index (χ0) is 37.1. The number of hydrogen-bond donors (Lipinski definition) is 1. The lowest BCUT2D eigenvalue weighted by Crippen LogP contribution is -2.50. The largest absolute Gasteiger partial charge is 0.477 e. The number of unbranched alkanes of at least 4 members (excludes halogenated alkanes) is 10. The van der Waals surface area contributed by atoms with E-state index < -0.39 is 24.1 Å². The van der Waals surface area contributed by atoms with Crippen LogP contribution in [0.5, 0.6) is 0 Å². The molecule has 50 heavy (non-hydrogen) atoms. The Kier molecular flexibility index (Phi) is 31.2. The first-order chi connectivity index (χ1) is 24.1. The summed E-state index contributed by atoms with van der Waals surface area (Å²) >= 11 is 0. The summed E-state index contributed by atoms with van der Waals surface area (Å²) in [7, 11) is 5.48. The van der Waals surface area contributed by atoms with Gasteiger partial charge in [-0.1, -0.05) is 120 Å². The van der Waals surface area contributed by atoms with E-state index in [0.717, 1.165) is 51.4 Å². The first-order valence-corrected chi connectivity index (χ1v) is 19.3. The van der Waals surface area contributed by atoms with Crippen LogP contribution in [0.2, 0.25) is 0 Å². The first-order valence-electron chi connectivity index (χ1n) is 19.3. The maximum Gasteiger partial charge on any atom is 0.362 e. The highest BCUT2D eigenvalue weighted by atomic mass is 16.6. The minimum atomic E-state index is -0.892. The average Bonchev–Trinajstić information content (AvgIpc) is 3.06. The van der Waals surface area contributed by atoms with Crippen LogP contribution in [-0.4, -0.2) is 80.6 Å². The topological polar surface area (TPSA) is 99.1 Å². The Bertz CT molecular complexity index is 1010. The number of carbonyl (C=O) groups is 3. The number of hydrogen-bond acceptors (Lipinski definition) is 6. The number of likely N-dealkylation sites (N-methyl/N-ethyl adjacent to an activating group) is 1. The second-order valence-electron chi connectivity index (χ2n) is 13.8. The molecule has 0 amide bonds. The van der Waals surface area contributed by atoms with Gasteiger partial charge in [0.1, 0.15) is 6.61 Å². The summed E-state index contributed by atoms with van der Waals surface area (Å²) < 4.78 is 17.0. The molecule has 0 aromatic rings. The Labute approximate surface area is 305 Å². The third-order valence-corrected chi connectivity index (χ3v) is 8.18. The third kappa shape index (κ3) is 31.0. The van der Waals surface area contributed by atoms with E-state index in [9.17, 15) is 19.5 Å². The molecule has 2 atom stereocenters. The fraction of sp³-hybridized carbons (Fsp3) is 0.690. The molecule has 0 saturated heterocycles. The van der Waals surface area contributed by atoms with Crippen LogP contribution in [0.4, 0.5) is 0 Å². The van der Waals surface area contributed by atoms with Crippen LogP contribution in [0.15, 0.2) is 60.8 Å². The molecule has 0 aliphatic rings. The number of nitrogens with zero attached hydrogens (tertiary/aromatic N) is 1. The summed E-state index contributed by atoms with van der Waals surface area (Å²) in [6, 6.07) is -0.629. The van der Waals surface area contributed by atoms with Crippen LogP contribution in [0.1, 0.15) is 136 Å². The van der Waals surface area contributed by atoms with E-state index in [-0.39, 0.29) is 36.7 Å². The molecule has 0 aromatic carbocycles.